The molecule has 0 amide bonds. The number of rotatable bonds is 2. The zero-order valence-electron chi connectivity index (χ0n) is 10.1. The molecule has 0 aliphatic rings. The van der Waals surface area contributed by atoms with Gasteiger partial charge in [-0.1, -0.05) is 15.9 Å². The summed E-state index contributed by atoms with van der Waals surface area (Å²) in [5, 5.41) is 0. The molecule has 3 rings (SSSR count). The number of benzene rings is 2. The van der Waals surface area contributed by atoms with Crippen LogP contribution >= 0.6 is 15.9 Å². The van der Waals surface area contributed by atoms with Gasteiger partial charge in [0.05, 0.1) is 5.52 Å². The van der Waals surface area contributed by atoms with Crippen molar-refractivity contribution in [2.24, 2.45) is 0 Å². The number of nitrogens with two attached hydrogens (primary N) is 1. The summed E-state index contributed by atoms with van der Waals surface area (Å²) in [5.41, 5.74) is 8.02. The molecule has 0 fully saturated rings. The summed E-state index contributed by atoms with van der Waals surface area (Å²) in [4.78, 5) is 26.0. The third-order valence-corrected chi connectivity index (χ3v) is 3.32. The smallest absolute Gasteiger partial charge is 0.408 e. The van der Waals surface area contributed by atoms with Crippen molar-refractivity contribution >= 4 is 38.5 Å². The van der Waals surface area contributed by atoms with Crippen LogP contribution in [0.2, 0.25) is 0 Å². The molecule has 2 aromatic carbocycles. The van der Waals surface area contributed by atoms with Crippen LogP contribution in [0, 0.1) is 0 Å². The fourth-order valence-electron chi connectivity index (χ4n) is 2.00. The van der Waals surface area contributed by atoms with Crippen LogP contribution < -0.4 is 11.5 Å². The van der Waals surface area contributed by atoms with E-state index in [0.717, 1.165) is 4.47 Å². The minimum absolute atomic E-state index is 0.191. The van der Waals surface area contributed by atoms with Gasteiger partial charge in [0.15, 0.2) is 11.4 Å². The SMILES string of the molecule is Nc1cc(Br)cc(C(=O)c2ccc3[nH]c(=O)oc3c2)c1. The fraction of sp³-hybridized carbons (Fsp3) is 0. The third kappa shape index (κ3) is 2.25. The average Bonchev–Trinajstić information content (AvgIpc) is 2.75. The second kappa shape index (κ2) is 4.64. The van der Waals surface area contributed by atoms with Crippen molar-refractivity contribution in [3.8, 4) is 0 Å². The first-order chi connectivity index (χ1) is 9.52. The van der Waals surface area contributed by atoms with Crippen LogP contribution in [-0.4, -0.2) is 10.8 Å². The lowest BCUT2D eigenvalue weighted by Crippen LogP contribution is -2.02. The summed E-state index contributed by atoms with van der Waals surface area (Å²) in [6.07, 6.45) is 0. The largest absolute Gasteiger partial charge is 0.417 e. The van der Waals surface area contributed by atoms with Gasteiger partial charge < -0.3 is 10.2 Å². The Hall–Kier alpha value is -2.34. The molecule has 5 nitrogen and oxygen atoms in total. The van der Waals surface area contributed by atoms with Crippen molar-refractivity contribution < 1.29 is 9.21 Å². The van der Waals surface area contributed by atoms with E-state index in [1.54, 1.807) is 30.3 Å². The molecule has 0 aliphatic carbocycles. The summed E-state index contributed by atoms with van der Waals surface area (Å²) >= 11 is 3.30. The van der Waals surface area contributed by atoms with Gasteiger partial charge in [-0.15, -0.1) is 0 Å². The highest BCUT2D eigenvalue weighted by atomic mass is 79.9. The molecular weight excluding hydrogens is 324 g/mol. The number of halogens is 1. The quantitative estimate of drug-likeness (QED) is 0.557. The van der Waals surface area contributed by atoms with Crippen molar-refractivity contribution in [2.45, 2.75) is 0 Å². The number of H-pyrrole nitrogens is 1. The van der Waals surface area contributed by atoms with Crippen LogP contribution in [0.25, 0.3) is 11.1 Å². The Morgan fingerprint density at radius 3 is 2.70 bits per heavy atom. The van der Waals surface area contributed by atoms with E-state index < -0.39 is 5.76 Å². The van der Waals surface area contributed by atoms with Crippen LogP contribution in [0.15, 0.2) is 50.1 Å². The summed E-state index contributed by atoms with van der Waals surface area (Å²) in [6.45, 7) is 0. The van der Waals surface area contributed by atoms with E-state index in [2.05, 4.69) is 20.9 Å². The number of carbonyl (C=O) groups is 1. The zero-order chi connectivity index (χ0) is 14.3. The van der Waals surface area contributed by atoms with Crippen molar-refractivity contribution in [1.29, 1.82) is 0 Å². The molecule has 100 valence electrons. The molecule has 0 bridgehead atoms. The lowest BCUT2D eigenvalue weighted by Gasteiger charge is -2.03. The molecule has 0 saturated carbocycles. The zero-order valence-corrected chi connectivity index (χ0v) is 11.7. The number of hydrogen-bond donors (Lipinski definition) is 2. The molecule has 1 aromatic heterocycles. The minimum Gasteiger partial charge on any atom is -0.408 e. The monoisotopic (exact) mass is 332 g/mol. The van der Waals surface area contributed by atoms with Crippen LogP contribution in [0.5, 0.6) is 0 Å². The Morgan fingerprint density at radius 2 is 1.95 bits per heavy atom. The maximum Gasteiger partial charge on any atom is 0.417 e. The number of aromatic amines is 1. The number of nitrogen functional groups attached to an aromatic ring is 1. The topological polar surface area (TPSA) is 89.1 Å². The highest BCUT2D eigenvalue weighted by Crippen LogP contribution is 2.21. The van der Waals surface area contributed by atoms with Crippen molar-refractivity contribution in [3.63, 3.8) is 0 Å². The molecule has 0 spiro atoms. The number of carbonyl (C=O) groups excluding carboxylic acids is 1. The molecular formula is C14H9BrN2O3. The lowest BCUT2D eigenvalue weighted by molar-refractivity contribution is 0.103. The molecule has 0 radical (unpaired) electrons. The third-order valence-electron chi connectivity index (χ3n) is 2.87. The second-order valence-electron chi connectivity index (χ2n) is 4.33. The Morgan fingerprint density at radius 1 is 1.15 bits per heavy atom. The number of hydrogen-bond acceptors (Lipinski definition) is 4. The van der Waals surface area contributed by atoms with Gasteiger partial charge in [0, 0.05) is 21.3 Å². The van der Waals surface area contributed by atoms with Crippen molar-refractivity contribution in [3.05, 3.63) is 62.5 Å². The number of ketones is 1. The lowest BCUT2D eigenvalue weighted by atomic mass is 10.0. The number of oxazole rings is 1. The minimum atomic E-state index is -0.545. The molecule has 20 heavy (non-hydrogen) atoms. The van der Waals surface area contributed by atoms with E-state index in [9.17, 15) is 9.59 Å². The highest BCUT2D eigenvalue weighted by molar-refractivity contribution is 9.10. The molecule has 0 saturated heterocycles. The van der Waals surface area contributed by atoms with Gasteiger partial charge in [-0.2, -0.15) is 0 Å². The van der Waals surface area contributed by atoms with Gasteiger partial charge in [0.25, 0.3) is 0 Å². The van der Waals surface area contributed by atoms with E-state index in [0.29, 0.717) is 27.9 Å². The molecule has 0 unspecified atom stereocenters. The van der Waals surface area contributed by atoms with E-state index >= 15 is 0 Å². The summed E-state index contributed by atoms with van der Waals surface area (Å²) < 4.78 is 5.68. The number of nitrogens with one attached hydrogen (secondary N) is 1. The van der Waals surface area contributed by atoms with Crippen molar-refractivity contribution in [1.82, 2.24) is 4.98 Å². The van der Waals surface area contributed by atoms with Crippen molar-refractivity contribution in [2.75, 3.05) is 5.73 Å². The Balaban J connectivity index is 2.09. The van der Waals surface area contributed by atoms with Gasteiger partial charge >= 0.3 is 5.76 Å². The Bertz CT molecular complexity index is 859. The van der Waals surface area contributed by atoms with E-state index in [-0.39, 0.29) is 5.78 Å². The van der Waals surface area contributed by atoms with Gasteiger partial charge in [-0.3, -0.25) is 9.78 Å². The predicted octanol–water partition coefficient (Wildman–Crippen LogP) is 2.70. The molecule has 3 aromatic rings. The van der Waals surface area contributed by atoms with Crippen LogP contribution in [0.3, 0.4) is 0 Å². The highest BCUT2D eigenvalue weighted by Gasteiger charge is 2.12. The molecule has 0 aliphatic heterocycles. The van der Waals surface area contributed by atoms with Crippen LogP contribution in [0.4, 0.5) is 5.69 Å². The van der Waals surface area contributed by atoms with Gasteiger partial charge in [-0.05, 0) is 36.4 Å². The first-order valence-electron chi connectivity index (χ1n) is 5.76. The first kappa shape index (κ1) is 12.7. The molecule has 0 atom stereocenters. The number of anilines is 1. The summed E-state index contributed by atoms with van der Waals surface area (Å²) in [5.74, 6) is -0.736. The number of fused-ring (bicyclic) bond motifs is 1. The first-order valence-corrected chi connectivity index (χ1v) is 6.56. The van der Waals surface area contributed by atoms with E-state index in [1.165, 1.54) is 6.07 Å². The maximum atomic E-state index is 12.4. The molecule has 3 N–H and O–H groups in total. The van der Waals surface area contributed by atoms with Crippen LogP contribution in [0.1, 0.15) is 15.9 Å². The van der Waals surface area contributed by atoms with Gasteiger partial charge in [-0.25, -0.2) is 4.79 Å². The average molecular weight is 333 g/mol. The Labute approximate surface area is 121 Å². The molecule has 6 heteroatoms. The Kier molecular flexibility index (Phi) is 2.94. The predicted molar refractivity (Wildman–Crippen MR) is 78.8 cm³/mol. The van der Waals surface area contributed by atoms with Crippen LogP contribution in [-0.2, 0) is 0 Å². The summed E-state index contributed by atoms with van der Waals surface area (Å²) in [7, 11) is 0. The van der Waals surface area contributed by atoms with Gasteiger partial charge in [0.1, 0.15) is 0 Å². The maximum absolute atomic E-state index is 12.4. The summed E-state index contributed by atoms with van der Waals surface area (Å²) in [6, 6.07) is 9.81. The van der Waals surface area contributed by atoms with Gasteiger partial charge in [0.2, 0.25) is 0 Å². The standard InChI is InChI=1S/C14H9BrN2O3/c15-9-3-8(4-10(16)6-9)13(18)7-1-2-11-12(5-7)20-14(19)17-11/h1-6H,16H2,(H,17,19). The normalized spacial score (nSPS) is 10.8. The number of aromatic nitrogens is 1. The van der Waals surface area contributed by atoms with E-state index in [4.69, 9.17) is 10.2 Å². The molecule has 1 heterocycles. The second-order valence-corrected chi connectivity index (χ2v) is 5.24. The fourth-order valence-corrected chi connectivity index (χ4v) is 2.51. The van der Waals surface area contributed by atoms with E-state index in [1.807, 2.05) is 0 Å².